The number of nitrogens with zero attached hydrogens (tertiary/aromatic N) is 1. The number of halogens is 2. The van der Waals surface area contributed by atoms with Crippen LogP contribution in [0, 0.1) is 25.5 Å². The molecule has 0 bridgehead atoms. The van der Waals surface area contributed by atoms with Crippen LogP contribution in [0.5, 0.6) is 0 Å². The molecule has 1 N–H and O–H groups in total. The molecule has 4 rings (SSSR count). The second-order valence-corrected chi connectivity index (χ2v) is 7.09. The van der Waals surface area contributed by atoms with Gasteiger partial charge < -0.3 is 9.88 Å². The Morgan fingerprint density at radius 3 is 2.45 bits per heavy atom. The number of hydrogen-bond donors (Lipinski definition) is 1. The highest BCUT2D eigenvalue weighted by Crippen LogP contribution is 2.28. The minimum Gasteiger partial charge on any atom is -0.340 e. The molecule has 0 aliphatic carbocycles. The summed E-state index contributed by atoms with van der Waals surface area (Å²) in [4.78, 5) is 12.6. The van der Waals surface area contributed by atoms with Crippen LogP contribution < -0.4 is 5.32 Å². The van der Waals surface area contributed by atoms with Crippen molar-refractivity contribution in [3.63, 3.8) is 0 Å². The van der Waals surface area contributed by atoms with Crippen molar-refractivity contribution in [1.29, 1.82) is 0 Å². The fraction of sp³-hybridized carbons (Fsp3) is 0.125. The highest BCUT2D eigenvalue weighted by molar-refractivity contribution is 6.06. The van der Waals surface area contributed by atoms with Gasteiger partial charge in [0.2, 0.25) is 0 Å². The smallest absolute Gasteiger partial charge is 0.255 e. The average Bonchev–Trinajstić information content (AvgIpc) is 2.95. The topological polar surface area (TPSA) is 34.0 Å². The fourth-order valence-corrected chi connectivity index (χ4v) is 3.55. The molecule has 0 saturated carbocycles. The summed E-state index contributed by atoms with van der Waals surface area (Å²) in [5, 5.41) is 3.49. The quantitative estimate of drug-likeness (QED) is 0.467. The Kier molecular flexibility index (Phi) is 4.89. The van der Waals surface area contributed by atoms with Gasteiger partial charge in [0.1, 0.15) is 11.6 Å². The summed E-state index contributed by atoms with van der Waals surface area (Å²) in [6.07, 6.45) is 0. The normalized spacial score (nSPS) is 11.0. The Bertz CT molecular complexity index is 1210. The van der Waals surface area contributed by atoms with E-state index in [1.807, 2.05) is 37.3 Å². The highest BCUT2D eigenvalue weighted by atomic mass is 19.1. The van der Waals surface area contributed by atoms with Crippen LogP contribution in [0.2, 0.25) is 0 Å². The van der Waals surface area contributed by atoms with Gasteiger partial charge in [0.05, 0.1) is 5.69 Å². The van der Waals surface area contributed by atoms with Gasteiger partial charge in [-0.3, -0.25) is 4.79 Å². The monoisotopic (exact) mass is 390 g/mol. The van der Waals surface area contributed by atoms with Gasteiger partial charge in [-0.1, -0.05) is 30.3 Å². The van der Waals surface area contributed by atoms with Crippen LogP contribution in [0.1, 0.15) is 27.2 Å². The fourth-order valence-electron chi connectivity index (χ4n) is 3.55. The van der Waals surface area contributed by atoms with Crippen molar-refractivity contribution in [2.24, 2.45) is 0 Å². The Hall–Kier alpha value is -3.47. The van der Waals surface area contributed by atoms with E-state index in [0.29, 0.717) is 5.56 Å². The zero-order chi connectivity index (χ0) is 20.5. The lowest BCUT2D eigenvalue weighted by molar-refractivity contribution is 0.102. The third-order valence-electron chi connectivity index (χ3n) is 5.26. The van der Waals surface area contributed by atoms with Crippen LogP contribution >= 0.6 is 0 Å². The van der Waals surface area contributed by atoms with Crippen LogP contribution in [-0.2, 0) is 6.54 Å². The third kappa shape index (κ3) is 3.63. The summed E-state index contributed by atoms with van der Waals surface area (Å²) < 4.78 is 29.1. The summed E-state index contributed by atoms with van der Waals surface area (Å²) in [5.41, 5.74) is 4.83. The minimum absolute atomic E-state index is 0.0500. The van der Waals surface area contributed by atoms with Crippen molar-refractivity contribution in [2.45, 2.75) is 20.4 Å². The number of nitrogens with one attached hydrogen (secondary N) is 1. The number of carbonyl (C=O) groups excluding carboxylic acids is 1. The SMILES string of the molecule is Cc1c(C)n(Cc2ccccc2)c2ccc(C(=O)Nc3ccc(F)cc3F)cc12. The van der Waals surface area contributed by atoms with E-state index >= 15 is 0 Å². The molecule has 0 aliphatic heterocycles. The maximum absolute atomic E-state index is 13.8. The number of amides is 1. The van der Waals surface area contributed by atoms with Gasteiger partial charge in [0, 0.05) is 34.8 Å². The first-order valence-corrected chi connectivity index (χ1v) is 9.34. The summed E-state index contributed by atoms with van der Waals surface area (Å²) in [6, 6.07) is 18.7. The number of aryl methyl sites for hydroxylation is 1. The molecule has 0 atom stereocenters. The standard InChI is InChI=1S/C24H20F2N2O/c1-15-16(2)28(14-17-6-4-3-5-7-17)23-11-8-18(12-20(15)23)24(29)27-22-10-9-19(25)13-21(22)26/h3-13H,14H2,1-2H3,(H,27,29). The molecular weight excluding hydrogens is 370 g/mol. The Morgan fingerprint density at radius 1 is 0.966 bits per heavy atom. The zero-order valence-electron chi connectivity index (χ0n) is 16.2. The second kappa shape index (κ2) is 7.51. The molecule has 1 heterocycles. The summed E-state index contributed by atoms with van der Waals surface area (Å²) >= 11 is 0. The highest BCUT2D eigenvalue weighted by Gasteiger charge is 2.15. The molecule has 0 aliphatic rings. The first kappa shape index (κ1) is 18.9. The van der Waals surface area contributed by atoms with E-state index in [9.17, 15) is 13.6 Å². The van der Waals surface area contributed by atoms with Gasteiger partial charge in [-0.05, 0) is 55.3 Å². The summed E-state index contributed by atoms with van der Waals surface area (Å²) in [7, 11) is 0. The van der Waals surface area contributed by atoms with Crippen molar-refractivity contribution in [1.82, 2.24) is 4.57 Å². The van der Waals surface area contributed by atoms with E-state index in [1.165, 1.54) is 11.6 Å². The average molecular weight is 390 g/mol. The lowest BCUT2D eigenvalue weighted by Gasteiger charge is -2.09. The van der Waals surface area contributed by atoms with Gasteiger partial charge in [-0.2, -0.15) is 0 Å². The molecule has 146 valence electrons. The first-order valence-electron chi connectivity index (χ1n) is 9.34. The minimum atomic E-state index is -0.805. The maximum Gasteiger partial charge on any atom is 0.255 e. The van der Waals surface area contributed by atoms with E-state index in [-0.39, 0.29) is 5.69 Å². The number of carbonyl (C=O) groups is 1. The molecular formula is C24H20F2N2O. The molecule has 4 aromatic rings. The van der Waals surface area contributed by atoms with Gasteiger partial charge in [0.25, 0.3) is 5.91 Å². The van der Waals surface area contributed by atoms with Gasteiger partial charge in [0.15, 0.2) is 0 Å². The van der Waals surface area contributed by atoms with E-state index in [4.69, 9.17) is 0 Å². The van der Waals surface area contributed by atoms with Crippen molar-refractivity contribution in [2.75, 3.05) is 5.32 Å². The number of aromatic nitrogens is 1. The Balaban J connectivity index is 1.67. The first-order chi connectivity index (χ1) is 13.9. The largest absolute Gasteiger partial charge is 0.340 e. The van der Waals surface area contributed by atoms with E-state index in [1.54, 1.807) is 6.07 Å². The second-order valence-electron chi connectivity index (χ2n) is 7.09. The molecule has 0 unspecified atom stereocenters. The van der Waals surface area contributed by atoms with E-state index in [2.05, 4.69) is 28.9 Å². The van der Waals surface area contributed by atoms with Crippen LogP contribution in [0.25, 0.3) is 10.9 Å². The van der Waals surface area contributed by atoms with Crippen LogP contribution in [0.15, 0.2) is 66.7 Å². The molecule has 0 radical (unpaired) electrons. The van der Waals surface area contributed by atoms with Crippen molar-refractivity contribution in [3.05, 3.63) is 101 Å². The van der Waals surface area contributed by atoms with Crippen molar-refractivity contribution < 1.29 is 13.6 Å². The number of fused-ring (bicyclic) bond motifs is 1. The van der Waals surface area contributed by atoms with Crippen LogP contribution in [-0.4, -0.2) is 10.5 Å². The summed E-state index contributed by atoms with van der Waals surface area (Å²) in [5.74, 6) is -1.93. The van der Waals surface area contributed by atoms with Gasteiger partial charge >= 0.3 is 0 Å². The molecule has 3 aromatic carbocycles. The summed E-state index contributed by atoms with van der Waals surface area (Å²) in [6.45, 7) is 4.83. The van der Waals surface area contributed by atoms with E-state index in [0.717, 1.165) is 40.8 Å². The molecule has 0 fully saturated rings. The molecule has 29 heavy (non-hydrogen) atoms. The number of rotatable bonds is 4. The molecule has 0 saturated heterocycles. The molecule has 5 heteroatoms. The Morgan fingerprint density at radius 2 is 1.72 bits per heavy atom. The van der Waals surface area contributed by atoms with Gasteiger partial charge in [-0.15, -0.1) is 0 Å². The lowest BCUT2D eigenvalue weighted by atomic mass is 10.1. The van der Waals surface area contributed by atoms with Crippen LogP contribution in [0.3, 0.4) is 0 Å². The lowest BCUT2D eigenvalue weighted by Crippen LogP contribution is -2.13. The number of hydrogen-bond acceptors (Lipinski definition) is 1. The Labute approximate surface area is 167 Å². The van der Waals surface area contributed by atoms with Crippen molar-refractivity contribution >= 4 is 22.5 Å². The maximum atomic E-state index is 13.8. The number of anilines is 1. The van der Waals surface area contributed by atoms with Crippen LogP contribution in [0.4, 0.5) is 14.5 Å². The molecule has 1 aromatic heterocycles. The molecule has 0 spiro atoms. The van der Waals surface area contributed by atoms with Crippen molar-refractivity contribution in [3.8, 4) is 0 Å². The molecule has 1 amide bonds. The molecule has 3 nitrogen and oxygen atoms in total. The predicted molar refractivity (Wildman–Crippen MR) is 111 cm³/mol. The number of benzene rings is 3. The zero-order valence-corrected chi connectivity index (χ0v) is 16.2. The van der Waals surface area contributed by atoms with Gasteiger partial charge in [-0.25, -0.2) is 8.78 Å². The predicted octanol–water partition coefficient (Wildman–Crippen LogP) is 5.84. The van der Waals surface area contributed by atoms with E-state index < -0.39 is 17.5 Å². The third-order valence-corrected chi connectivity index (χ3v) is 5.26.